The lowest BCUT2D eigenvalue weighted by molar-refractivity contribution is -0.125. The summed E-state index contributed by atoms with van der Waals surface area (Å²) >= 11 is 0. The van der Waals surface area contributed by atoms with Gasteiger partial charge in [0.2, 0.25) is 5.91 Å². The Morgan fingerprint density at radius 2 is 2.16 bits per heavy atom. The number of amides is 1. The number of carbonyl (C=O) groups excluding carboxylic acids is 1. The van der Waals surface area contributed by atoms with Gasteiger partial charge in [0.1, 0.15) is 6.61 Å². The zero-order chi connectivity index (χ0) is 13.9. The molecule has 1 N–H and O–H groups in total. The van der Waals surface area contributed by atoms with Gasteiger partial charge in [-0.15, -0.1) is 0 Å². The Balaban J connectivity index is 2.32. The molecule has 0 saturated carbocycles. The maximum absolute atomic E-state index is 11.4. The molecule has 1 aromatic carbocycles. The van der Waals surface area contributed by atoms with Crippen LogP contribution in [-0.2, 0) is 16.2 Å². The molecule has 0 atom stereocenters. The Bertz CT molecular complexity index is 418. The molecule has 1 rings (SSSR count). The summed E-state index contributed by atoms with van der Waals surface area (Å²) in [4.78, 5) is 17.9. The molecule has 1 aromatic rings. The Morgan fingerprint density at radius 3 is 2.79 bits per heavy atom. The first-order valence-corrected chi connectivity index (χ1v) is 5.98. The normalized spacial score (nSPS) is 10.4. The van der Waals surface area contributed by atoms with Crippen molar-refractivity contribution in [2.24, 2.45) is 5.16 Å². The molecule has 0 unspecified atom stereocenters. The number of oxime groups is 1. The second kappa shape index (κ2) is 8.88. The smallest absolute Gasteiger partial charge is 0.246 e. The van der Waals surface area contributed by atoms with Gasteiger partial charge in [0.05, 0.1) is 19.4 Å². The predicted molar refractivity (Wildman–Crippen MR) is 73.6 cm³/mol. The third-order valence-electron chi connectivity index (χ3n) is 2.38. The van der Waals surface area contributed by atoms with E-state index in [1.54, 1.807) is 0 Å². The van der Waals surface area contributed by atoms with Gasteiger partial charge in [0.25, 0.3) is 0 Å². The minimum atomic E-state index is -0.247. The summed E-state index contributed by atoms with van der Waals surface area (Å²) in [7, 11) is 0. The highest BCUT2D eigenvalue weighted by atomic mass is 16.6. The van der Waals surface area contributed by atoms with Crippen LogP contribution in [0.15, 0.2) is 48.1 Å². The highest BCUT2D eigenvalue weighted by molar-refractivity contribution is 5.88. The van der Waals surface area contributed by atoms with Crippen LogP contribution in [0.2, 0.25) is 0 Å². The fourth-order valence-electron chi connectivity index (χ4n) is 1.41. The van der Waals surface area contributed by atoms with E-state index in [2.05, 4.69) is 11.7 Å². The van der Waals surface area contributed by atoms with E-state index in [-0.39, 0.29) is 25.6 Å². The van der Waals surface area contributed by atoms with Crippen molar-refractivity contribution in [2.45, 2.75) is 6.61 Å². The van der Waals surface area contributed by atoms with Gasteiger partial charge in [-0.25, -0.2) is 0 Å². The van der Waals surface area contributed by atoms with Crippen molar-refractivity contribution in [3.8, 4) is 0 Å². The second-order valence-electron chi connectivity index (χ2n) is 3.76. The van der Waals surface area contributed by atoms with E-state index in [9.17, 15) is 4.79 Å². The standard InChI is InChI=1S/C14H18N2O3/c1-2-14(18)16(10-11-17)9-8-15-19-12-13-6-4-3-5-7-13/h2-8,17H,1,9-12H2/b15-8+. The van der Waals surface area contributed by atoms with Crippen molar-refractivity contribution in [3.63, 3.8) is 0 Å². The molecule has 0 aromatic heterocycles. The van der Waals surface area contributed by atoms with Crippen molar-refractivity contribution >= 4 is 12.1 Å². The second-order valence-corrected chi connectivity index (χ2v) is 3.76. The molecule has 102 valence electrons. The Kier molecular flexibility index (Phi) is 6.97. The molecule has 0 fully saturated rings. The highest BCUT2D eigenvalue weighted by Gasteiger charge is 2.06. The molecule has 1 amide bonds. The Hall–Kier alpha value is -2.14. The number of aliphatic hydroxyl groups is 1. The molecular formula is C14H18N2O3. The minimum absolute atomic E-state index is 0.0989. The monoisotopic (exact) mass is 262 g/mol. The molecule has 0 heterocycles. The molecule has 5 nitrogen and oxygen atoms in total. The molecule has 0 aliphatic heterocycles. The van der Waals surface area contributed by atoms with Crippen molar-refractivity contribution in [1.82, 2.24) is 4.90 Å². The van der Waals surface area contributed by atoms with Crippen molar-refractivity contribution in [2.75, 3.05) is 19.7 Å². The summed E-state index contributed by atoms with van der Waals surface area (Å²) in [5.74, 6) is -0.247. The van der Waals surface area contributed by atoms with Crippen LogP contribution in [0.3, 0.4) is 0 Å². The fraction of sp³-hybridized carbons (Fsp3) is 0.286. The lowest BCUT2D eigenvalue weighted by Crippen LogP contribution is -2.33. The van der Waals surface area contributed by atoms with E-state index in [0.29, 0.717) is 6.61 Å². The van der Waals surface area contributed by atoms with Crippen LogP contribution in [0.1, 0.15) is 5.56 Å². The number of aliphatic hydroxyl groups excluding tert-OH is 1. The van der Waals surface area contributed by atoms with Crippen LogP contribution in [0.5, 0.6) is 0 Å². The SMILES string of the molecule is C=CC(=O)N(C/C=N/OCc1ccccc1)CCO. The number of benzene rings is 1. The largest absolute Gasteiger partial charge is 0.395 e. The maximum atomic E-state index is 11.4. The summed E-state index contributed by atoms with van der Waals surface area (Å²) in [6, 6.07) is 9.66. The summed E-state index contributed by atoms with van der Waals surface area (Å²) in [6.07, 6.45) is 2.69. The first-order valence-electron chi connectivity index (χ1n) is 5.98. The zero-order valence-electron chi connectivity index (χ0n) is 10.7. The lowest BCUT2D eigenvalue weighted by atomic mass is 10.2. The molecular weight excluding hydrogens is 244 g/mol. The molecule has 0 spiro atoms. The zero-order valence-corrected chi connectivity index (χ0v) is 10.7. The van der Waals surface area contributed by atoms with Gasteiger partial charge in [0, 0.05) is 6.54 Å². The van der Waals surface area contributed by atoms with E-state index in [1.807, 2.05) is 30.3 Å². The molecule has 19 heavy (non-hydrogen) atoms. The van der Waals surface area contributed by atoms with Crippen LogP contribution >= 0.6 is 0 Å². The number of hydrogen-bond donors (Lipinski definition) is 1. The first kappa shape index (κ1) is 14.9. The van der Waals surface area contributed by atoms with Crippen molar-refractivity contribution in [1.29, 1.82) is 0 Å². The van der Waals surface area contributed by atoms with E-state index in [0.717, 1.165) is 5.56 Å². The average molecular weight is 262 g/mol. The minimum Gasteiger partial charge on any atom is -0.395 e. The summed E-state index contributed by atoms with van der Waals surface area (Å²) in [5, 5.41) is 12.6. The number of nitrogens with zero attached hydrogens (tertiary/aromatic N) is 2. The van der Waals surface area contributed by atoms with E-state index in [1.165, 1.54) is 17.2 Å². The Morgan fingerprint density at radius 1 is 1.42 bits per heavy atom. The Labute approximate surface area is 112 Å². The van der Waals surface area contributed by atoms with Gasteiger partial charge in [-0.1, -0.05) is 42.1 Å². The number of carbonyl (C=O) groups is 1. The van der Waals surface area contributed by atoms with Crippen molar-refractivity contribution in [3.05, 3.63) is 48.6 Å². The van der Waals surface area contributed by atoms with Crippen LogP contribution in [0.25, 0.3) is 0 Å². The number of hydrogen-bond acceptors (Lipinski definition) is 4. The van der Waals surface area contributed by atoms with E-state index < -0.39 is 0 Å². The summed E-state index contributed by atoms with van der Waals surface area (Å²) in [6.45, 7) is 4.21. The van der Waals surface area contributed by atoms with Gasteiger partial charge < -0.3 is 14.8 Å². The van der Waals surface area contributed by atoms with Crippen molar-refractivity contribution < 1.29 is 14.7 Å². The lowest BCUT2D eigenvalue weighted by Gasteiger charge is -2.16. The van der Waals surface area contributed by atoms with Gasteiger partial charge in [-0.3, -0.25) is 4.79 Å². The van der Waals surface area contributed by atoms with E-state index >= 15 is 0 Å². The van der Waals surface area contributed by atoms with Gasteiger partial charge in [-0.05, 0) is 11.6 Å². The molecule has 0 radical (unpaired) electrons. The van der Waals surface area contributed by atoms with Crippen LogP contribution < -0.4 is 0 Å². The molecule has 0 aliphatic carbocycles. The summed E-state index contributed by atoms with van der Waals surface area (Å²) < 4.78 is 0. The van der Waals surface area contributed by atoms with Crippen LogP contribution in [0.4, 0.5) is 0 Å². The third-order valence-corrected chi connectivity index (χ3v) is 2.38. The maximum Gasteiger partial charge on any atom is 0.246 e. The van der Waals surface area contributed by atoms with Gasteiger partial charge >= 0.3 is 0 Å². The average Bonchev–Trinajstić information content (AvgIpc) is 2.46. The fourth-order valence-corrected chi connectivity index (χ4v) is 1.41. The quantitative estimate of drug-likeness (QED) is 0.435. The molecule has 0 bridgehead atoms. The predicted octanol–water partition coefficient (Wildman–Crippen LogP) is 1.20. The molecule has 0 saturated heterocycles. The van der Waals surface area contributed by atoms with Gasteiger partial charge in [-0.2, -0.15) is 0 Å². The molecule has 0 aliphatic rings. The van der Waals surface area contributed by atoms with Crippen LogP contribution in [-0.4, -0.2) is 41.8 Å². The highest BCUT2D eigenvalue weighted by Crippen LogP contribution is 2.00. The molecule has 5 heteroatoms. The third kappa shape index (κ3) is 5.83. The number of rotatable bonds is 8. The van der Waals surface area contributed by atoms with Gasteiger partial charge in [0.15, 0.2) is 0 Å². The first-order chi connectivity index (χ1) is 9.27. The summed E-state index contributed by atoms with van der Waals surface area (Å²) in [5.41, 5.74) is 1.02. The topological polar surface area (TPSA) is 62.1 Å². The van der Waals surface area contributed by atoms with E-state index in [4.69, 9.17) is 9.94 Å². The van der Waals surface area contributed by atoms with Crippen LogP contribution in [0, 0.1) is 0 Å².